The van der Waals surface area contributed by atoms with Crippen molar-refractivity contribution in [1.29, 1.82) is 0 Å². The first-order chi connectivity index (χ1) is 13.4. The van der Waals surface area contributed by atoms with Crippen LogP contribution >= 0.6 is 0 Å². The van der Waals surface area contributed by atoms with E-state index in [1.165, 1.54) is 84.0 Å². The molecule has 0 aromatic heterocycles. The van der Waals surface area contributed by atoms with Crippen LogP contribution in [0.25, 0.3) is 0 Å². The van der Waals surface area contributed by atoms with Crippen LogP contribution in [-0.2, 0) is 10.1 Å². The first kappa shape index (κ1) is 32.1. The molecule has 0 heterocycles. The Balaban J connectivity index is 0. The Morgan fingerprint density at radius 2 is 0.966 bits per heavy atom. The van der Waals surface area contributed by atoms with Gasteiger partial charge in [0.1, 0.15) is 0 Å². The van der Waals surface area contributed by atoms with Gasteiger partial charge in [-0.15, -0.1) is 0 Å². The summed E-state index contributed by atoms with van der Waals surface area (Å²) in [6.45, 7) is 3.74. The first-order valence-electron chi connectivity index (χ1n) is 12.0. The average molecular weight is 443 g/mol. The Bertz CT molecular complexity index is 429. The smallest absolute Gasteiger partial charge is 0.748 e. The van der Waals surface area contributed by atoms with Gasteiger partial charge in [0.05, 0.1) is 16.2 Å². The summed E-state index contributed by atoms with van der Waals surface area (Å²) in [6, 6.07) is 0. The second-order valence-electron chi connectivity index (χ2n) is 8.63. The van der Waals surface area contributed by atoms with Gasteiger partial charge in [-0.05, 0) is 26.2 Å². The molecule has 0 aliphatic rings. The number of aliphatic hydroxyl groups is 1. The van der Waals surface area contributed by atoms with Crippen LogP contribution in [-0.4, -0.2) is 29.4 Å². The van der Waals surface area contributed by atoms with Gasteiger partial charge in [-0.3, -0.25) is 0 Å². The van der Waals surface area contributed by atoms with Gasteiger partial charge in [0.15, 0.2) is 0 Å². The van der Waals surface area contributed by atoms with Crippen LogP contribution in [0.4, 0.5) is 0 Å². The maximum atomic E-state index is 10.8. The maximum Gasteiger partial charge on any atom is 1.00 e. The zero-order valence-corrected chi connectivity index (χ0v) is 22.5. The molecule has 0 aliphatic carbocycles. The summed E-state index contributed by atoms with van der Waals surface area (Å²) in [6.07, 6.45) is 21.8. The van der Waals surface area contributed by atoms with Crippen molar-refractivity contribution in [3.63, 3.8) is 0 Å². The number of aliphatic hydroxyl groups excluding tert-OH is 1. The average Bonchev–Trinajstić information content (AvgIpc) is 2.64. The van der Waals surface area contributed by atoms with E-state index < -0.39 is 15.4 Å². The number of rotatable bonds is 21. The summed E-state index contributed by atoms with van der Waals surface area (Å²) in [5.74, 6) is 0. The van der Waals surface area contributed by atoms with Gasteiger partial charge in [0.25, 0.3) is 0 Å². The minimum absolute atomic E-state index is 0. The Hall–Kier alpha value is 0.870. The molecule has 0 saturated carbocycles. The molecule has 0 radical (unpaired) electrons. The summed E-state index contributed by atoms with van der Waals surface area (Å²) in [5.41, 5.74) is 0. The number of unbranched alkanes of at least 4 members (excludes halogenated alkanes) is 14. The van der Waals surface area contributed by atoms with Gasteiger partial charge in [-0.25, -0.2) is 8.42 Å². The molecule has 0 rings (SSSR count). The van der Waals surface area contributed by atoms with Crippen LogP contribution in [0.1, 0.15) is 136 Å². The number of hydrogen-bond acceptors (Lipinski definition) is 4. The SMILES string of the molecule is CCCCCCCC(O)CCCCCCCCCCCCCC(C)S(=O)(=O)[O-].[Na+]. The van der Waals surface area contributed by atoms with E-state index in [1.807, 2.05) is 0 Å². The zero-order valence-electron chi connectivity index (χ0n) is 19.7. The Morgan fingerprint density at radius 3 is 1.31 bits per heavy atom. The molecule has 2 atom stereocenters. The Morgan fingerprint density at radius 1 is 0.655 bits per heavy atom. The predicted octanol–water partition coefficient (Wildman–Crippen LogP) is 3.72. The van der Waals surface area contributed by atoms with E-state index in [1.54, 1.807) is 0 Å². The van der Waals surface area contributed by atoms with E-state index in [2.05, 4.69) is 6.92 Å². The van der Waals surface area contributed by atoms with Gasteiger partial charge in [-0.1, -0.05) is 110 Å². The molecule has 6 heteroatoms. The fourth-order valence-corrected chi connectivity index (χ4v) is 4.13. The Kier molecular flexibility index (Phi) is 24.4. The second-order valence-corrected chi connectivity index (χ2v) is 10.4. The summed E-state index contributed by atoms with van der Waals surface area (Å²) >= 11 is 0. The van der Waals surface area contributed by atoms with Crippen molar-refractivity contribution in [3.05, 3.63) is 0 Å². The van der Waals surface area contributed by atoms with E-state index >= 15 is 0 Å². The van der Waals surface area contributed by atoms with Crippen molar-refractivity contribution < 1.29 is 47.6 Å². The fraction of sp³-hybridized carbons (Fsp3) is 1.00. The third-order valence-corrected chi connectivity index (χ3v) is 7.00. The van der Waals surface area contributed by atoms with E-state index in [9.17, 15) is 18.1 Å². The molecule has 0 aromatic rings. The minimum atomic E-state index is -4.09. The molecule has 0 bridgehead atoms. The summed E-state index contributed by atoms with van der Waals surface area (Å²) in [7, 11) is -4.09. The molecule has 4 nitrogen and oxygen atoms in total. The van der Waals surface area contributed by atoms with Crippen LogP contribution in [0.15, 0.2) is 0 Å². The third kappa shape index (κ3) is 23.4. The van der Waals surface area contributed by atoms with Crippen molar-refractivity contribution in [1.82, 2.24) is 0 Å². The van der Waals surface area contributed by atoms with Crippen LogP contribution in [0.3, 0.4) is 0 Å². The van der Waals surface area contributed by atoms with Crippen LogP contribution in [0.2, 0.25) is 0 Å². The molecule has 0 fully saturated rings. The molecular weight excluding hydrogens is 395 g/mol. The van der Waals surface area contributed by atoms with Gasteiger partial charge >= 0.3 is 29.6 Å². The van der Waals surface area contributed by atoms with Crippen LogP contribution < -0.4 is 29.6 Å². The normalized spacial score (nSPS) is 13.8. The van der Waals surface area contributed by atoms with Gasteiger partial charge < -0.3 is 9.66 Å². The standard InChI is InChI=1S/C23H48O4S.Na/c1-3-4-5-13-17-20-23(24)21-18-15-12-10-8-6-7-9-11-14-16-19-22(2)28(25,26)27;/h22-24H,3-21H2,1-2H3,(H,25,26,27);/q;+1/p-1. The molecule has 1 N–H and O–H groups in total. The van der Waals surface area contributed by atoms with Gasteiger partial charge in [0.2, 0.25) is 0 Å². The van der Waals surface area contributed by atoms with E-state index in [0.717, 1.165) is 38.5 Å². The minimum Gasteiger partial charge on any atom is -0.748 e. The van der Waals surface area contributed by atoms with Crippen molar-refractivity contribution >= 4 is 10.1 Å². The monoisotopic (exact) mass is 442 g/mol. The molecule has 2 unspecified atom stereocenters. The first-order valence-corrected chi connectivity index (χ1v) is 13.5. The largest absolute Gasteiger partial charge is 1.00 e. The van der Waals surface area contributed by atoms with E-state index in [0.29, 0.717) is 6.42 Å². The van der Waals surface area contributed by atoms with Crippen molar-refractivity contribution in [3.8, 4) is 0 Å². The molecular formula is C23H47NaO4S. The number of hydrogen-bond donors (Lipinski definition) is 1. The quantitative estimate of drug-likeness (QED) is 0.167. The molecule has 0 spiro atoms. The zero-order chi connectivity index (χ0) is 21.1. The second kappa shape index (κ2) is 22.1. The summed E-state index contributed by atoms with van der Waals surface area (Å²) < 4.78 is 32.4. The predicted molar refractivity (Wildman–Crippen MR) is 119 cm³/mol. The van der Waals surface area contributed by atoms with Crippen LogP contribution in [0, 0.1) is 0 Å². The van der Waals surface area contributed by atoms with Gasteiger partial charge in [-0.2, -0.15) is 0 Å². The van der Waals surface area contributed by atoms with Crippen molar-refractivity contribution in [2.45, 2.75) is 147 Å². The molecule has 0 aromatic carbocycles. The Labute approximate surface area is 204 Å². The van der Waals surface area contributed by atoms with Crippen molar-refractivity contribution in [2.24, 2.45) is 0 Å². The fourth-order valence-electron chi connectivity index (χ4n) is 3.67. The topological polar surface area (TPSA) is 77.4 Å². The van der Waals surface area contributed by atoms with E-state index in [-0.39, 0.29) is 35.7 Å². The molecule has 0 amide bonds. The summed E-state index contributed by atoms with van der Waals surface area (Å²) in [5, 5.41) is 9.26. The molecule has 29 heavy (non-hydrogen) atoms. The van der Waals surface area contributed by atoms with Crippen molar-refractivity contribution in [2.75, 3.05) is 0 Å². The van der Waals surface area contributed by atoms with Crippen LogP contribution in [0.5, 0.6) is 0 Å². The van der Waals surface area contributed by atoms with Gasteiger partial charge in [0, 0.05) is 5.25 Å². The summed E-state index contributed by atoms with van der Waals surface area (Å²) in [4.78, 5) is 0. The van der Waals surface area contributed by atoms with E-state index in [4.69, 9.17) is 0 Å². The maximum absolute atomic E-state index is 10.8. The third-order valence-electron chi connectivity index (χ3n) is 5.78. The molecule has 0 aliphatic heterocycles. The molecule has 170 valence electrons. The molecule has 0 saturated heterocycles.